The van der Waals surface area contributed by atoms with Crippen molar-refractivity contribution in [3.05, 3.63) is 116 Å². The average molecular weight is 488 g/mol. The van der Waals surface area contributed by atoms with Crippen LogP contribution in [0.4, 0.5) is 5.13 Å². The first-order chi connectivity index (χ1) is 15.0. The number of carbonyl (C=O) groups excluding carboxylic acids is 1. The van der Waals surface area contributed by atoms with Crippen LogP contribution in [0.3, 0.4) is 0 Å². The third-order valence-corrected chi connectivity index (χ3v) is 6.37. The molecular formula is C24H17Cl3N2OS. The van der Waals surface area contributed by atoms with E-state index in [4.69, 9.17) is 34.8 Å². The van der Waals surface area contributed by atoms with Gasteiger partial charge in [-0.2, -0.15) is 0 Å². The molecule has 1 heterocycles. The molecule has 0 saturated heterocycles. The number of halogens is 3. The van der Waals surface area contributed by atoms with Gasteiger partial charge in [0.2, 0.25) is 5.91 Å². The highest BCUT2D eigenvalue weighted by Crippen LogP contribution is 2.30. The standard InChI is InChI=1S/C24H17Cl3N2OS/c25-18-8-4-16(5-9-18)22(17-6-10-19(26)11-7-17)23(30)29-24-28-14-21(31-24)13-15-2-1-3-20(27)12-15/h1-12,14,22H,13H2,(H,28,29,30). The van der Waals surface area contributed by atoms with Gasteiger partial charge in [0, 0.05) is 32.6 Å². The molecule has 3 nitrogen and oxygen atoms in total. The summed E-state index contributed by atoms with van der Waals surface area (Å²) >= 11 is 19.6. The maximum atomic E-state index is 13.3. The smallest absolute Gasteiger partial charge is 0.238 e. The zero-order valence-corrected chi connectivity index (χ0v) is 19.3. The maximum absolute atomic E-state index is 13.3. The Kier molecular flexibility index (Phi) is 6.93. The Morgan fingerprint density at radius 3 is 2.06 bits per heavy atom. The van der Waals surface area contributed by atoms with E-state index in [0.717, 1.165) is 21.6 Å². The molecule has 0 saturated carbocycles. The molecular weight excluding hydrogens is 471 g/mol. The predicted octanol–water partition coefficient (Wildman–Crippen LogP) is 7.46. The summed E-state index contributed by atoms with van der Waals surface area (Å²) in [4.78, 5) is 18.7. The minimum Gasteiger partial charge on any atom is -0.301 e. The molecule has 0 spiro atoms. The number of hydrogen-bond acceptors (Lipinski definition) is 3. The predicted molar refractivity (Wildman–Crippen MR) is 130 cm³/mol. The Bertz CT molecular complexity index is 1140. The fourth-order valence-electron chi connectivity index (χ4n) is 3.28. The monoisotopic (exact) mass is 486 g/mol. The van der Waals surface area contributed by atoms with Gasteiger partial charge in [-0.15, -0.1) is 11.3 Å². The summed E-state index contributed by atoms with van der Waals surface area (Å²) in [5.41, 5.74) is 2.76. The third kappa shape index (κ3) is 5.66. The molecule has 31 heavy (non-hydrogen) atoms. The molecule has 0 unspecified atom stereocenters. The summed E-state index contributed by atoms with van der Waals surface area (Å²) in [6, 6.07) is 22.2. The van der Waals surface area contributed by atoms with Gasteiger partial charge in [0.05, 0.1) is 5.92 Å². The van der Waals surface area contributed by atoms with Crippen LogP contribution in [0.5, 0.6) is 0 Å². The maximum Gasteiger partial charge on any atom is 0.238 e. The number of amides is 1. The van der Waals surface area contributed by atoms with Gasteiger partial charge in [0.25, 0.3) is 0 Å². The summed E-state index contributed by atoms with van der Waals surface area (Å²) in [6.45, 7) is 0. The lowest BCUT2D eigenvalue weighted by Crippen LogP contribution is -2.22. The summed E-state index contributed by atoms with van der Waals surface area (Å²) in [6.07, 6.45) is 2.48. The van der Waals surface area contributed by atoms with Crippen molar-refractivity contribution in [2.75, 3.05) is 5.32 Å². The molecule has 0 bridgehead atoms. The second-order valence-electron chi connectivity index (χ2n) is 6.96. The topological polar surface area (TPSA) is 42.0 Å². The molecule has 4 aromatic rings. The highest BCUT2D eigenvalue weighted by Gasteiger charge is 2.24. The van der Waals surface area contributed by atoms with E-state index in [1.54, 1.807) is 30.5 Å². The van der Waals surface area contributed by atoms with E-state index in [1.807, 2.05) is 48.5 Å². The molecule has 0 aliphatic rings. The van der Waals surface area contributed by atoms with Gasteiger partial charge in [-0.3, -0.25) is 4.79 Å². The first-order valence-corrected chi connectivity index (χ1v) is 11.4. The Hall–Kier alpha value is -2.37. The quantitative estimate of drug-likeness (QED) is 0.306. The Labute approximate surface area is 199 Å². The third-order valence-electron chi connectivity index (χ3n) is 4.72. The van der Waals surface area contributed by atoms with Crippen LogP contribution < -0.4 is 5.32 Å². The normalized spacial score (nSPS) is 11.0. The van der Waals surface area contributed by atoms with Crippen molar-refractivity contribution >= 4 is 57.2 Å². The summed E-state index contributed by atoms with van der Waals surface area (Å²) in [5.74, 6) is -0.692. The van der Waals surface area contributed by atoms with E-state index < -0.39 is 5.92 Å². The van der Waals surface area contributed by atoms with E-state index in [-0.39, 0.29) is 5.91 Å². The van der Waals surface area contributed by atoms with Crippen LogP contribution in [-0.2, 0) is 11.2 Å². The van der Waals surface area contributed by atoms with Gasteiger partial charge < -0.3 is 5.32 Å². The van der Waals surface area contributed by atoms with Crippen LogP contribution in [-0.4, -0.2) is 10.9 Å². The lowest BCUT2D eigenvalue weighted by molar-refractivity contribution is -0.116. The molecule has 0 fully saturated rings. The average Bonchev–Trinajstić information content (AvgIpc) is 3.17. The van der Waals surface area contributed by atoms with Crippen LogP contribution >= 0.6 is 46.1 Å². The summed E-state index contributed by atoms with van der Waals surface area (Å²) < 4.78 is 0. The molecule has 156 valence electrons. The molecule has 4 rings (SSSR count). The fraction of sp³-hybridized carbons (Fsp3) is 0.0833. The lowest BCUT2D eigenvalue weighted by Gasteiger charge is -2.17. The molecule has 0 radical (unpaired) electrons. The number of benzene rings is 3. The van der Waals surface area contributed by atoms with E-state index >= 15 is 0 Å². The molecule has 0 aliphatic carbocycles. The number of aromatic nitrogens is 1. The summed E-state index contributed by atoms with van der Waals surface area (Å²) in [5, 5.41) is 5.44. The van der Waals surface area contributed by atoms with Crippen LogP contribution in [0.25, 0.3) is 0 Å². The minimum absolute atomic E-state index is 0.173. The number of thiazole rings is 1. The second kappa shape index (κ2) is 9.84. The van der Waals surface area contributed by atoms with Crippen LogP contribution in [0.2, 0.25) is 15.1 Å². The van der Waals surface area contributed by atoms with Gasteiger partial charge in [0.15, 0.2) is 5.13 Å². The van der Waals surface area contributed by atoms with Crippen LogP contribution in [0.15, 0.2) is 79.0 Å². The number of anilines is 1. The van der Waals surface area contributed by atoms with Gasteiger partial charge in [-0.25, -0.2) is 4.98 Å². The zero-order chi connectivity index (χ0) is 21.8. The van der Waals surface area contributed by atoms with Gasteiger partial charge in [-0.1, -0.05) is 71.2 Å². The SMILES string of the molecule is O=C(Nc1ncc(Cc2cccc(Cl)c2)s1)C(c1ccc(Cl)cc1)c1ccc(Cl)cc1. The van der Waals surface area contributed by atoms with E-state index in [0.29, 0.717) is 26.6 Å². The number of carbonyl (C=O) groups is 1. The minimum atomic E-state index is -0.519. The first-order valence-electron chi connectivity index (χ1n) is 9.49. The molecule has 0 atom stereocenters. The Morgan fingerprint density at radius 2 is 1.48 bits per heavy atom. The number of hydrogen-bond donors (Lipinski definition) is 1. The second-order valence-corrected chi connectivity index (χ2v) is 9.39. The highest BCUT2D eigenvalue weighted by atomic mass is 35.5. The molecule has 1 amide bonds. The van der Waals surface area contributed by atoms with Crippen molar-refractivity contribution in [2.45, 2.75) is 12.3 Å². The Morgan fingerprint density at radius 1 is 0.871 bits per heavy atom. The number of rotatable bonds is 6. The zero-order valence-electron chi connectivity index (χ0n) is 16.2. The van der Waals surface area contributed by atoms with Crippen molar-refractivity contribution in [1.29, 1.82) is 0 Å². The van der Waals surface area contributed by atoms with Crippen molar-refractivity contribution in [3.8, 4) is 0 Å². The Balaban J connectivity index is 1.55. The van der Waals surface area contributed by atoms with Crippen LogP contribution in [0.1, 0.15) is 27.5 Å². The molecule has 3 aromatic carbocycles. The number of nitrogens with zero attached hydrogens (tertiary/aromatic N) is 1. The highest BCUT2D eigenvalue weighted by molar-refractivity contribution is 7.15. The number of nitrogens with one attached hydrogen (secondary N) is 1. The van der Waals surface area contributed by atoms with Crippen molar-refractivity contribution in [3.63, 3.8) is 0 Å². The largest absolute Gasteiger partial charge is 0.301 e. The van der Waals surface area contributed by atoms with E-state index in [1.165, 1.54) is 11.3 Å². The molecule has 1 aromatic heterocycles. The van der Waals surface area contributed by atoms with Crippen molar-refractivity contribution in [2.24, 2.45) is 0 Å². The van der Waals surface area contributed by atoms with E-state index in [2.05, 4.69) is 10.3 Å². The molecule has 7 heteroatoms. The van der Waals surface area contributed by atoms with Crippen molar-refractivity contribution < 1.29 is 4.79 Å². The van der Waals surface area contributed by atoms with Crippen LogP contribution in [0, 0.1) is 0 Å². The van der Waals surface area contributed by atoms with Crippen molar-refractivity contribution in [1.82, 2.24) is 4.98 Å². The molecule has 0 aliphatic heterocycles. The first kappa shape index (κ1) is 21.8. The fourth-order valence-corrected chi connectivity index (χ4v) is 4.59. The lowest BCUT2D eigenvalue weighted by atomic mass is 9.90. The molecule has 1 N–H and O–H groups in total. The summed E-state index contributed by atoms with van der Waals surface area (Å²) in [7, 11) is 0. The van der Waals surface area contributed by atoms with Gasteiger partial charge >= 0.3 is 0 Å². The van der Waals surface area contributed by atoms with Gasteiger partial charge in [0.1, 0.15) is 0 Å². The van der Waals surface area contributed by atoms with Gasteiger partial charge in [-0.05, 0) is 53.1 Å². The van der Waals surface area contributed by atoms with E-state index in [9.17, 15) is 4.79 Å².